The van der Waals surface area contributed by atoms with Gasteiger partial charge in [0.2, 0.25) is 5.92 Å². The van der Waals surface area contributed by atoms with E-state index in [4.69, 9.17) is 9.72 Å². The fourth-order valence-electron chi connectivity index (χ4n) is 4.78. The number of aliphatic hydroxyl groups is 1. The van der Waals surface area contributed by atoms with E-state index in [1.54, 1.807) is 31.7 Å². The zero-order chi connectivity index (χ0) is 24.0. The van der Waals surface area contributed by atoms with Crippen molar-refractivity contribution in [3.05, 3.63) is 52.2 Å². The minimum absolute atomic E-state index is 0.0472. The lowest BCUT2D eigenvalue weighted by Crippen LogP contribution is -2.35. The van der Waals surface area contributed by atoms with Crippen LogP contribution < -0.4 is 5.56 Å². The van der Waals surface area contributed by atoms with Crippen molar-refractivity contribution >= 4 is 11.0 Å². The Morgan fingerprint density at radius 3 is 2.58 bits per heavy atom. The van der Waals surface area contributed by atoms with E-state index in [0.717, 1.165) is 22.2 Å². The molecule has 2 heterocycles. The minimum atomic E-state index is -2.63. The zero-order valence-electron chi connectivity index (χ0n) is 19.6. The topological polar surface area (TPSA) is 69.3 Å². The normalized spacial score (nSPS) is 18.5. The molecule has 1 N–H and O–H groups in total. The molecule has 8 heteroatoms. The van der Waals surface area contributed by atoms with Gasteiger partial charge in [-0.15, -0.1) is 0 Å². The van der Waals surface area contributed by atoms with Crippen molar-refractivity contribution in [1.29, 1.82) is 0 Å². The second-order valence-corrected chi connectivity index (χ2v) is 9.33. The number of pyridine rings is 1. The summed E-state index contributed by atoms with van der Waals surface area (Å²) >= 11 is 0. The second kappa shape index (κ2) is 8.65. The Morgan fingerprint density at radius 2 is 1.94 bits per heavy atom. The van der Waals surface area contributed by atoms with E-state index in [1.165, 1.54) is 0 Å². The van der Waals surface area contributed by atoms with Crippen LogP contribution in [-0.2, 0) is 18.3 Å². The molecule has 0 radical (unpaired) electrons. The highest BCUT2D eigenvalue weighted by atomic mass is 19.3. The van der Waals surface area contributed by atoms with Crippen LogP contribution in [0.25, 0.3) is 22.2 Å². The third kappa shape index (κ3) is 4.87. The molecule has 0 amide bonds. The van der Waals surface area contributed by atoms with Gasteiger partial charge in [-0.3, -0.25) is 4.79 Å². The first-order valence-corrected chi connectivity index (χ1v) is 11.4. The number of fused-ring (bicyclic) bond motifs is 1. The first kappa shape index (κ1) is 23.6. The predicted molar refractivity (Wildman–Crippen MR) is 124 cm³/mol. The fraction of sp³-hybridized carbons (Fsp3) is 0.520. The minimum Gasteiger partial charge on any atom is -0.364 e. The number of rotatable bonds is 6. The monoisotopic (exact) mass is 459 g/mol. The van der Waals surface area contributed by atoms with Gasteiger partial charge in [-0.1, -0.05) is 6.07 Å². The van der Waals surface area contributed by atoms with E-state index >= 15 is 0 Å². The first-order valence-electron chi connectivity index (χ1n) is 11.4. The molecule has 1 aliphatic rings. The summed E-state index contributed by atoms with van der Waals surface area (Å²) in [5, 5.41) is 10.8. The number of aromatic nitrogens is 3. The van der Waals surface area contributed by atoms with Gasteiger partial charge in [-0.05, 0) is 62.9 Å². The molecule has 0 spiro atoms. The molecule has 1 aromatic carbocycles. The molecule has 1 atom stereocenters. The van der Waals surface area contributed by atoms with Crippen molar-refractivity contribution in [2.45, 2.75) is 70.6 Å². The van der Waals surface area contributed by atoms with Crippen molar-refractivity contribution in [2.24, 2.45) is 7.05 Å². The molecule has 4 rings (SSSR count). The molecule has 178 valence electrons. The Balaban J connectivity index is 1.82. The fourth-order valence-corrected chi connectivity index (χ4v) is 4.78. The second-order valence-electron chi connectivity index (χ2n) is 9.33. The summed E-state index contributed by atoms with van der Waals surface area (Å²) in [6.07, 6.45) is 2.16. The number of aryl methyl sites for hydroxylation is 2. The molecule has 1 fully saturated rings. The number of ether oxygens (including phenoxy) is 1. The highest BCUT2D eigenvalue weighted by Crippen LogP contribution is 2.41. The molecule has 33 heavy (non-hydrogen) atoms. The number of imidazole rings is 1. The third-order valence-corrected chi connectivity index (χ3v) is 6.46. The SMILES string of the molecule is CCOC(C)(O)Cn1c(C2CCC(F)(F)CC2)nc2ccc(-c3cc(C)c(=O)n(C)c3)cc21. The van der Waals surface area contributed by atoms with Crippen LogP contribution in [0.15, 0.2) is 35.3 Å². The lowest BCUT2D eigenvalue weighted by Gasteiger charge is -2.30. The molecule has 1 unspecified atom stereocenters. The Labute approximate surface area is 191 Å². The van der Waals surface area contributed by atoms with Gasteiger partial charge in [0, 0.05) is 44.2 Å². The van der Waals surface area contributed by atoms with Crippen LogP contribution >= 0.6 is 0 Å². The maximum absolute atomic E-state index is 13.8. The number of benzene rings is 1. The summed E-state index contributed by atoms with van der Waals surface area (Å²) in [7, 11) is 1.72. The maximum Gasteiger partial charge on any atom is 0.253 e. The summed E-state index contributed by atoms with van der Waals surface area (Å²) in [6.45, 7) is 5.67. The summed E-state index contributed by atoms with van der Waals surface area (Å²) in [4.78, 5) is 16.9. The van der Waals surface area contributed by atoms with Crippen molar-refractivity contribution in [2.75, 3.05) is 6.61 Å². The highest BCUT2D eigenvalue weighted by Gasteiger charge is 2.37. The van der Waals surface area contributed by atoms with Gasteiger partial charge in [-0.2, -0.15) is 0 Å². The third-order valence-electron chi connectivity index (χ3n) is 6.46. The van der Waals surface area contributed by atoms with Crippen LogP contribution in [0.3, 0.4) is 0 Å². The lowest BCUT2D eigenvalue weighted by molar-refractivity contribution is -0.195. The molecule has 6 nitrogen and oxygen atoms in total. The molecule has 1 aliphatic carbocycles. The highest BCUT2D eigenvalue weighted by molar-refractivity contribution is 5.83. The van der Waals surface area contributed by atoms with Crippen LogP contribution in [-0.4, -0.2) is 37.5 Å². The van der Waals surface area contributed by atoms with E-state index < -0.39 is 11.7 Å². The Hall–Kier alpha value is -2.58. The summed E-state index contributed by atoms with van der Waals surface area (Å²) in [5.41, 5.74) is 3.92. The average Bonchev–Trinajstić information content (AvgIpc) is 3.08. The number of nitrogens with zero attached hydrogens (tertiary/aromatic N) is 3. The standard InChI is InChI=1S/C25H31F2N3O3/c1-5-33-24(3,32)15-30-21-13-18(19-12-16(2)23(31)29(4)14-19)6-7-20(21)28-22(30)17-8-10-25(26,27)11-9-17/h6-7,12-14,17,32H,5,8-11,15H2,1-4H3. The summed E-state index contributed by atoms with van der Waals surface area (Å²) < 4.78 is 36.6. The van der Waals surface area contributed by atoms with Gasteiger partial charge in [0.1, 0.15) is 5.82 Å². The predicted octanol–water partition coefficient (Wildman–Crippen LogP) is 4.75. The first-order chi connectivity index (χ1) is 15.5. The van der Waals surface area contributed by atoms with Crippen LogP contribution in [0.5, 0.6) is 0 Å². The van der Waals surface area contributed by atoms with E-state index in [-0.39, 0.29) is 30.9 Å². The van der Waals surface area contributed by atoms with E-state index in [1.807, 2.05) is 35.8 Å². The van der Waals surface area contributed by atoms with Crippen molar-refractivity contribution in [1.82, 2.24) is 14.1 Å². The number of halogens is 2. The average molecular weight is 460 g/mol. The van der Waals surface area contributed by atoms with Gasteiger partial charge >= 0.3 is 0 Å². The molecular formula is C25H31F2N3O3. The van der Waals surface area contributed by atoms with Gasteiger partial charge in [0.15, 0.2) is 5.79 Å². The Bertz CT molecular complexity index is 1190. The molecular weight excluding hydrogens is 428 g/mol. The van der Waals surface area contributed by atoms with Crippen molar-refractivity contribution in [3.8, 4) is 11.1 Å². The van der Waals surface area contributed by atoms with E-state index in [9.17, 15) is 18.7 Å². The molecule has 3 aromatic rings. The lowest BCUT2D eigenvalue weighted by atomic mass is 9.86. The largest absolute Gasteiger partial charge is 0.364 e. The Kier molecular flexibility index (Phi) is 6.18. The zero-order valence-corrected chi connectivity index (χ0v) is 19.6. The molecule has 0 bridgehead atoms. The Morgan fingerprint density at radius 1 is 1.24 bits per heavy atom. The van der Waals surface area contributed by atoms with Crippen LogP contribution in [0.2, 0.25) is 0 Å². The molecule has 2 aromatic heterocycles. The van der Waals surface area contributed by atoms with Gasteiger partial charge in [-0.25, -0.2) is 13.8 Å². The summed E-state index contributed by atoms with van der Waals surface area (Å²) in [6, 6.07) is 7.67. The van der Waals surface area contributed by atoms with Gasteiger partial charge in [0.25, 0.3) is 5.56 Å². The molecule has 0 saturated heterocycles. The number of alkyl halides is 2. The van der Waals surface area contributed by atoms with Crippen LogP contribution in [0.1, 0.15) is 56.8 Å². The quantitative estimate of drug-likeness (QED) is 0.540. The molecule has 1 saturated carbocycles. The van der Waals surface area contributed by atoms with Crippen molar-refractivity contribution in [3.63, 3.8) is 0 Å². The smallest absolute Gasteiger partial charge is 0.253 e. The van der Waals surface area contributed by atoms with Gasteiger partial charge in [0.05, 0.1) is 17.6 Å². The van der Waals surface area contributed by atoms with Crippen molar-refractivity contribution < 1.29 is 18.6 Å². The number of hydrogen-bond donors (Lipinski definition) is 1. The summed E-state index contributed by atoms with van der Waals surface area (Å²) in [5.74, 6) is -3.47. The molecule has 0 aliphatic heterocycles. The van der Waals surface area contributed by atoms with E-state index in [2.05, 4.69) is 0 Å². The van der Waals surface area contributed by atoms with Crippen LogP contribution in [0.4, 0.5) is 8.78 Å². The van der Waals surface area contributed by atoms with E-state index in [0.29, 0.717) is 30.8 Å². The maximum atomic E-state index is 13.8. The number of hydrogen-bond acceptors (Lipinski definition) is 4. The van der Waals surface area contributed by atoms with Gasteiger partial charge < -0.3 is 19.0 Å². The van der Waals surface area contributed by atoms with Crippen LogP contribution in [0, 0.1) is 6.92 Å².